The minimum absolute atomic E-state index is 0.0587. The molecule has 33 heavy (non-hydrogen) atoms. The number of pyridine rings is 1. The van der Waals surface area contributed by atoms with Crippen molar-refractivity contribution in [3.63, 3.8) is 0 Å². The summed E-state index contributed by atoms with van der Waals surface area (Å²) in [7, 11) is 1.32. The Kier molecular flexibility index (Phi) is 8.78. The molecule has 1 N–H and O–H groups in total. The number of halogens is 3. The molecular weight excluding hydrogens is 445 g/mol. The van der Waals surface area contributed by atoms with Crippen molar-refractivity contribution in [2.75, 3.05) is 13.7 Å². The average molecular weight is 468 g/mol. The molecule has 1 atom stereocenters. The van der Waals surface area contributed by atoms with Crippen LogP contribution < -0.4 is 14.8 Å². The van der Waals surface area contributed by atoms with Gasteiger partial charge in [-0.2, -0.15) is 13.2 Å². The summed E-state index contributed by atoms with van der Waals surface area (Å²) in [5, 5.41) is 2.38. The molecule has 2 aromatic rings. The molecule has 0 saturated heterocycles. The van der Waals surface area contributed by atoms with Crippen LogP contribution in [0, 0.1) is 0 Å². The summed E-state index contributed by atoms with van der Waals surface area (Å²) in [6.07, 6.45) is -2.98. The van der Waals surface area contributed by atoms with Crippen molar-refractivity contribution in [3.8, 4) is 11.5 Å². The van der Waals surface area contributed by atoms with Crippen LogP contribution in [0.25, 0.3) is 0 Å². The van der Waals surface area contributed by atoms with Gasteiger partial charge in [-0.1, -0.05) is 18.2 Å². The largest absolute Gasteiger partial charge is 0.493 e. The molecule has 1 heterocycles. The van der Waals surface area contributed by atoms with Crippen molar-refractivity contribution >= 4 is 17.8 Å². The smallest absolute Gasteiger partial charge is 0.416 e. The number of aryl methyl sites for hydroxylation is 1. The van der Waals surface area contributed by atoms with Crippen molar-refractivity contribution in [1.29, 1.82) is 0 Å². The van der Waals surface area contributed by atoms with Crippen molar-refractivity contribution in [3.05, 3.63) is 53.3 Å². The number of methoxy groups -OCH3 is 1. The summed E-state index contributed by atoms with van der Waals surface area (Å²) in [5.41, 5.74) is -0.899. The Hall–Kier alpha value is -3.63. The molecule has 0 unspecified atom stereocenters. The molecule has 0 fully saturated rings. The van der Waals surface area contributed by atoms with E-state index in [4.69, 9.17) is 14.2 Å². The number of nitrogens with zero attached hydrogens (tertiary/aromatic N) is 1. The summed E-state index contributed by atoms with van der Waals surface area (Å²) in [6.45, 7) is 2.37. The Morgan fingerprint density at radius 1 is 1.15 bits per heavy atom. The number of rotatable bonds is 9. The van der Waals surface area contributed by atoms with Gasteiger partial charge in [0.1, 0.15) is 6.04 Å². The lowest BCUT2D eigenvalue weighted by Crippen LogP contribution is -2.40. The SMILES string of the molecule is COc1ccnc(C(=O)N[C@@H](C)C(=O)OCCCc2ccccc2C(F)(F)F)c1OC(C)=O. The maximum absolute atomic E-state index is 13.0. The molecule has 0 aliphatic carbocycles. The van der Waals surface area contributed by atoms with Gasteiger partial charge in [0, 0.05) is 19.2 Å². The van der Waals surface area contributed by atoms with E-state index in [1.54, 1.807) is 0 Å². The molecule has 178 valence electrons. The van der Waals surface area contributed by atoms with Crippen molar-refractivity contribution in [2.24, 2.45) is 0 Å². The molecule has 0 saturated carbocycles. The molecule has 0 spiro atoms. The zero-order valence-corrected chi connectivity index (χ0v) is 18.2. The number of hydrogen-bond acceptors (Lipinski definition) is 7. The molecule has 11 heteroatoms. The Labute approximate surface area is 188 Å². The zero-order chi connectivity index (χ0) is 24.6. The van der Waals surface area contributed by atoms with E-state index < -0.39 is 35.6 Å². The van der Waals surface area contributed by atoms with Crippen molar-refractivity contribution in [1.82, 2.24) is 10.3 Å². The maximum atomic E-state index is 13.0. The van der Waals surface area contributed by atoms with Gasteiger partial charge in [-0.15, -0.1) is 0 Å². The van der Waals surface area contributed by atoms with Gasteiger partial charge in [0.25, 0.3) is 5.91 Å². The maximum Gasteiger partial charge on any atom is 0.416 e. The summed E-state index contributed by atoms with van der Waals surface area (Å²) in [6, 6.07) is 5.47. The molecule has 2 rings (SSSR count). The second kappa shape index (κ2) is 11.3. The van der Waals surface area contributed by atoms with Gasteiger partial charge in [-0.3, -0.25) is 9.59 Å². The number of ether oxygens (including phenoxy) is 3. The Morgan fingerprint density at radius 3 is 2.48 bits per heavy atom. The average Bonchev–Trinajstić information content (AvgIpc) is 2.75. The first-order valence-electron chi connectivity index (χ1n) is 9.88. The second-order valence-electron chi connectivity index (χ2n) is 6.91. The second-order valence-corrected chi connectivity index (χ2v) is 6.91. The van der Waals surface area contributed by atoms with E-state index >= 15 is 0 Å². The minimum Gasteiger partial charge on any atom is -0.493 e. The van der Waals surface area contributed by atoms with E-state index in [9.17, 15) is 27.6 Å². The van der Waals surface area contributed by atoms with E-state index in [0.717, 1.165) is 13.0 Å². The van der Waals surface area contributed by atoms with E-state index in [0.29, 0.717) is 0 Å². The monoisotopic (exact) mass is 468 g/mol. The highest BCUT2D eigenvalue weighted by molar-refractivity contribution is 5.98. The van der Waals surface area contributed by atoms with Crippen LogP contribution in [-0.4, -0.2) is 42.6 Å². The predicted octanol–water partition coefficient (Wildman–Crippen LogP) is 3.33. The highest BCUT2D eigenvalue weighted by atomic mass is 19.4. The quantitative estimate of drug-likeness (QED) is 0.445. The lowest BCUT2D eigenvalue weighted by molar-refractivity contribution is -0.145. The number of nitrogens with one attached hydrogen (secondary N) is 1. The topological polar surface area (TPSA) is 104 Å². The summed E-state index contributed by atoms with van der Waals surface area (Å²) < 4.78 is 54.2. The number of amides is 1. The number of esters is 2. The van der Waals surface area contributed by atoms with E-state index in [2.05, 4.69) is 10.3 Å². The van der Waals surface area contributed by atoms with Crippen molar-refractivity contribution < 1.29 is 41.8 Å². The normalized spacial score (nSPS) is 11.9. The Bertz CT molecular complexity index is 1010. The summed E-state index contributed by atoms with van der Waals surface area (Å²) in [5.74, 6) is -2.40. The molecule has 0 aliphatic heterocycles. The number of benzene rings is 1. The molecule has 1 amide bonds. The van der Waals surface area contributed by atoms with E-state index in [-0.39, 0.29) is 42.2 Å². The van der Waals surface area contributed by atoms with E-state index in [1.165, 1.54) is 44.5 Å². The molecule has 1 aromatic heterocycles. The van der Waals surface area contributed by atoms with Gasteiger partial charge in [0.15, 0.2) is 11.4 Å². The van der Waals surface area contributed by atoms with Crippen LogP contribution in [-0.2, 0) is 26.9 Å². The fourth-order valence-electron chi connectivity index (χ4n) is 2.89. The molecule has 8 nitrogen and oxygen atoms in total. The summed E-state index contributed by atoms with van der Waals surface area (Å²) in [4.78, 5) is 39.9. The van der Waals surface area contributed by atoms with Gasteiger partial charge < -0.3 is 19.5 Å². The molecule has 0 aliphatic rings. The molecule has 0 radical (unpaired) electrons. The third-order valence-corrected chi connectivity index (χ3v) is 4.41. The van der Waals surface area contributed by atoms with Crippen LogP contribution in [0.4, 0.5) is 13.2 Å². The van der Waals surface area contributed by atoms with Crippen LogP contribution in [0.2, 0.25) is 0 Å². The van der Waals surface area contributed by atoms with Gasteiger partial charge in [0.2, 0.25) is 5.75 Å². The third-order valence-electron chi connectivity index (χ3n) is 4.41. The van der Waals surface area contributed by atoms with Gasteiger partial charge in [0.05, 0.1) is 19.3 Å². The zero-order valence-electron chi connectivity index (χ0n) is 18.2. The van der Waals surface area contributed by atoms with Crippen molar-refractivity contribution in [2.45, 2.75) is 38.9 Å². The van der Waals surface area contributed by atoms with Gasteiger partial charge in [-0.25, -0.2) is 9.78 Å². The van der Waals surface area contributed by atoms with Crippen LogP contribution in [0.3, 0.4) is 0 Å². The lowest BCUT2D eigenvalue weighted by Gasteiger charge is -2.16. The van der Waals surface area contributed by atoms with E-state index in [1.807, 2.05) is 0 Å². The predicted molar refractivity (Wildman–Crippen MR) is 110 cm³/mol. The highest BCUT2D eigenvalue weighted by Crippen LogP contribution is 2.32. The fourth-order valence-corrected chi connectivity index (χ4v) is 2.89. The van der Waals surface area contributed by atoms with Crippen LogP contribution in [0.1, 0.15) is 41.9 Å². The number of alkyl halides is 3. The molecule has 0 bridgehead atoms. The first-order valence-corrected chi connectivity index (χ1v) is 9.88. The number of carbonyl (C=O) groups excluding carboxylic acids is 3. The molecular formula is C22H23F3N2O6. The van der Waals surface area contributed by atoms with Gasteiger partial charge >= 0.3 is 18.1 Å². The Morgan fingerprint density at radius 2 is 1.85 bits per heavy atom. The number of carbonyl (C=O) groups is 3. The minimum atomic E-state index is -4.47. The molecule has 1 aromatic carbocycles. The number of aromatic nitrogens is 1. The highest BCUT2D eigenvalue weighted by Gasteiger charge is 2.32. The lowest BCUT2D eigenvalue weighted by atomic mass is 10.0. The third kappa shape index (κ3) is 7.19. The summed E-state index contributed by atoms with van der Waals surface area (Å²) >= 11 is 0. The first kappa shape index (κ1) is 25.6. The fraction of sp³-hybridized carbons (Fsp3) is 0.364. The first-order chi connectivity index (χ1) is 15.5. The van der Waals surface area contributed by atoms with Gasteiger partial charge in [-0.05, 0) is 31.4 Å². The Balaban J connectivity index is 1.93. The van der Waals surface area contributed by atoms with Crippen LogP contribution in [0.5, 0.6) is 11.5 Å². The van der Waals surface area contributed by atoms with Crippen LogP contribution in [0.15, 0.2) is 36.5 Å². The standard InChI is InChI=1S/C22H23F3N2O6/c1-13(27-20(29)18-19(33-14(2)28)17(31-3)10-11-26-18)21(30)32-12-6-8-15-7-4-5-9-16(15)22(23,24)25/h4-5,7,9-11,13H,6,8,12H2,1-3H3,(H,27,29)/t13-/m0/s1. The van der Waals surface area contributed by atoms with Crippen LogP contribution >= 0.6 is 0 Å². The number of hydrogen-bond donors (Lipinski definition) is 1.